The summed E-state index contributed by atoms with van der Waals surface area (Å²) in [6, 6.07) is 0. The first-order chi connectivity index (χ1) is 6.78. The molecule has 2 atom stereocenters. The van der Waals surface area contributed by atoms with E-state index in [2.05, 4.69) is 12.0 Å². The van der Waals surface area contributed by atoms with Gasteiger partial charge >= 0.3 is 0 Å². The summed E-state index contributed by atoms with van der Waals surface area (Å²) >= 11 is 0. The van der Waals surface area contributed by atoms with Crippen LogP contribution in [0, 0.1) is 0 Å². The van der Waals surface area contributed by atoms with Crippen LogP contribution in [0.2, 0.25) is 0 Å². The second-order valence-electron chi connectivity index (χ2n) is 3.87. The van der Waals surface area contributed by atoms with Crippen LogP contribution in [0.1, 0.15) is 25.3 Å². The Balaban J connectivity index is 1.90. The van der Waals surface area contributed by atoms with Gasteiger partial charge in [-0.1, -0.05) is 0 Å². The second-order valence-corrected chi connectivity index (χ2v) is 3.87. The molecule has 2 heterocycles. The smallest absolute Gasteiger partial charge is 0.0775 e. The van der Waals surface area contributed by atoms with Crippen molar-refractivity contribution in [3.05, 3.63) is 18.0 Å². The molecule has 1 fully saturated rings. The molecule has 0 amide bonds. The number of rotatable bonds is 3. The van der Waals surface area contributed by atoms with Crippen LogP contribution < -0.4 is 0 Å². The largest absolute Gasteiger partial charge is 0.392 e. The van der Waals surface area contributed by atoms with Crippen molar-refractivity contribution >= 4 is 0 Å². The van der Waals surface area contributed by atoms with Crippen molar-refractivity contribution in [1.29, 1.82) is 0 Å². The third kappa shape index (κ3) is 2.13. The summed E-state index contributed by atoms with van der Waals surface area (Å²) in [5.74, 6) is 0. The predicted octanol–water partition coefficient (Wildman–Crippen LogP) is 0.943. The fourth-order valence-corrected chi connectivity index (χ4v) is 1.82. The van der Waals surface area contributed by atoms with Crippen LogP contribution in [0.4, 0.5) is 0 Å². The van der Waals surface area contributed by atoms with Crippen molar-refractivity contribution in [2.24, 2.45) is 0 Å². The molecular formula is C10H16N2O2. The van der Waals surface area contributed by atoms with Crippen LogP contribution in [0.3, 0.4) is 0 Å². The highest BCUT2D eigenvalue weighted by molar-refractivity contribution is 5.01. The van der Waals surface area contributed by atoms with Gasteiger partial charge in [-0.2, -0.15) is 5.10 Å². The molecule has 78 valence electrons. The van der Waals surface area contributed by atoms with E-state index in [1.54, 1.807) is 6.20 Å². The van der Waals surface area contributed by atoms with Gasteiger partial charge in [0.1, 0.15) is 0 Å². The van der Waals surface area contributed by atoms with Gasteiger partial charge in [-0.25, -0.2) is 0 Å². The zero-order valence-electron chi connectivity index (χ0n) is 8.39. The normalized spacial score (nSPS) is 27.0. The summed E-state index contributed by atoms with van der Waals surface area (Å²) in [6.07, 6.45) is 6.48. The molecule has 1 aliphatic heterocycles. The van der Waals surface area contributed by atoms with E-state index in [4.69, 9.17) is 9.84 Å². The van der Waals surface area contributed by atoms with Crippen LogP contribution in [0.25, 0.3) is 0 Å². The van der Waals surface area contributed by atoms with E-state index in [-0.39, 0.29) is 12.7 Å². The van der Waals surface area contributed by atoms with Crippen LogP contribution >= 0.6 is 0 Å². The second kappa shape index (κ2) is 4.11. The first kappa shape index (κ1) is 9.68. The Labute approximate surface area is 83.5 Å². The van der Waals surface area contributed by atoms with E-state index in [9.17, 15) is 0 Å². The van der Waals surface area contributed by atoms with Crippen molar-refractivity contribution in [3.63, 3.8) is 0 Å². The molecule has 0 radical (unpaired) electrons. The number of nitrogens with zero attached hydrogens (tertiary/aromatic N) is 2. The van der Waals surface area contributed by atoms with Crippen molar-refractivity contribution < 1.29 is 9.84 Å². The van der Waals surface area contributed by atoms with Crippen molar-refractivity contribution in [1.82, 2.24) is 9.78 Å². The van der Waals surface area contributed by atoms with E-state index in [0.29, 0.717) is 6.10 Å². The summed E-state index contributed by atoms with van der Waals surface area (Å²) in [5, 5.41) is 13.0. The van der Waals surface area contributed by atoms with Crippen molar-refractivity contribution in [2.45, 2.75) is 45.1 Å². The van der Waals surface area contributed by atoms with E-state index >= 15 is 0 Å². The molecule has 1 aromatic rings. The van der Waals surface area contributed by atoms with E-state index in [0.717, 1.165) is 24.9 Å². The predicted molar refractivity (Wildman–Crippen MR) is 51.7 cm³/mol. The number of aromatic nitrogens is 2. The maximum absolute atomic E-state index is 8.87. The average molecular weight is 196 g/mol. The highest BCUT2D eigenvalue weighted by atomic mass is 16.5. The average Bonchev–Trinajstić information content (AvgIpc) is 2.76. The van der Waals surface area contributed by atoms with Gasteiger partial charge in [0.2, 0.25) is 0 Å². The van der Waals surface area contributed by atoms with E-state index < -0.39 is 0 Å². The highest BCUT2D eigenvalue weighted by Crippen LogP contribution is 2.20. The molecule has 4 nitrogen and oxygen atoms in total. The number of ether oxygens (including phenoxy) is 1. The Morgan fingerprint density at radius 2 is 2.50 bits per heavy atom. The van der Waals surface area contributed by atoms with Crippen LogP contribution in [-0.4, -0.2) is 27.1 Å². The monoisotopic (exact) mass is 196 g/mol. The van der Waals surface area contributed by atoms with Gasteiger partial charge in [0.25, 0.3) is 0 Å². The van der Waals surface area contributed by atoms with Gasteiger partial charge in [-0.05, 0) is 19.8 Å². The molecule has 1 N–H and O–H groups in total. The molecular weight excluding hydrogens is 180 g/mol. The molecule has 0 aromatic carbocycles. The quantitative estimate of drug-likeness (QED) is 0.782. The lowest BCUT2D eigenvalue weighted by atomic mass is 10.2. The number of hydrogen-bond acceptors (Lipinski definition) is 3. The first-order valence-corrected chi connectivity index (χ1v) is 5.05. The minimum atomic E-state index is 0.0575. The molecule has 1 saturated heterocycles. The number of hydrogen-bond donors (Lipinski definition) is 1. The van der Waals surface area contributed by atoms with Crippen LogP contribution in [0.15, 0.2) is 12.4 Å². The summed E-state index contributed by atoms with van der Waals surface area (Å²) in [7, 11) is 0. The lowest BCUT2D eigenvalue weighted by Crippen LogP contribution is -2.16. The third-order valence-electron chi connectivity index (χ3n) is 2.58. The summed E-state index contributed by atoms with van der Waals surface area (Å²) in [5.41, 5.74) is 0.857. The van der Waals surface area contributed by atoms with Gasteiger partial charge in [0.15, 0.2) is 0 Å². The van der Waals surface area contributed by atoms with Gasteiger partial charge in [0.05, 0.1) is 31.6 Å². The molecule has 0 saturated carbocycles. The van der Waals surface area contributed by atoms with E-state index in [1.807, 2.05) is 10.9 Å². The Morgan fingerprint density at radius 3 is 3.07 bits per heavy atom. The lowest BCUT2D eigenvalue weighted by Gasteiger charge is -2.10. The fourth-order valence-electron chi connectivity index (χ4n) is 1.82. The highest BCUT2D eigenvalue weighted by Gasteiger charge is 2.22. The maximum atomic E-state index is 8.87. The third-order valence-corrected chi connectivity index (χ3v) is 2.58. The molecule has 2 rings (SSSR count). The van der Waals surface area contributed by atoms with Gasteiger partial charge in [-0.15, -0.1) is 0 Å². The van der Waals surface area contributed by atoms with Crippen molar-refractivity contribution in [2.75, 3.05) is 0 Å². The summed E-state index contributed by atoms with van der Waals surface area (Å²) < 4.78 is 7.53. The zero-order chi connectivity index (χ0) is 9.97. The molecule has 1 aromatic heterocycles. The standard InChI is InChI=1S/C10H16N2O2/c1-8-2-3-10(14-8)6-12-5-9(7-13)4-11-12/h4-5,8,10,13H,2-3,6-7H2,1H3. The molecule has 0 spiro atoms. The van der Waals surface area contributed by atoms with Gasteiger partial charge in [-0.3, -0.25) is 4.68 Å². The van der Waals surface area contributed by atoms with E-state index in [1.165, 1.54) is 0 Å². The Hall–Kier alpha value is -0.870. The number of aliphatic hydroxyl groups is 1. The Bertz CT molecular complexity index is 298. The molecule has 1 aliphatic rings. The van der Waals surface area contributed by atoms with Crippen LogP contribution in [0.5, 0.6) is 0 Å². The van der Waals surface area contributed by atoms with Crippen molar-refractivity contribution in [3.8, 4) is 0 Å². The summed E-state index contributed by atoms with van der Waals surface area (Å²) in [6.45, 7) is 2.95. The Kier molecular flexibility index (Phi) is 2.84. The first-order valence-electron chi connectivity index (χ1n) is 5.05. The molecule has 2 unspecified atom stereocenters. The minimum absolute atomic E-state index is 0.0575. The van der Waals surface area contributed by atoms with Gasteiger partial charge < -0.3 is 9.84 Å². The molecule has 0 aliphatic carbocycles. The fraction of sp³-hybridized carbons (Fsp3) is 0.700. The SMILES string of the molecule is CC1CCC(Cn2cc(CO)cn2)O1. The Morgan fingerprint density at radius 1 is 1.64 bits per heavy atom. The molecule has 14 heavy (non-hydrogen) atoms. The zero-order valence-corrected chi connectivity index (χ0v) is 8.39. The lowest BCUT2D eigenvalue weighted by molar-refractivity contribution is 0.0437. The molecule has 0 bridgehead atoms. The topological polar surface area (TPSA) is 47.3 Å². The molecule has 4 heteroatoms. The minimum Gasteiger partial charge on any atom is -0.392 e. The summed E-state index contributed by atoms with van der Waals surface area (Å²) in [4.78, 5) is 0. The van der Waals surface area contributed by atoms with Crippen LogP contribution in [-0.2, 0) is 17.9 Å². The maximum Gasteiger partial charge on any atom is 0.0775 e. The van der Waals surface area contributed by atoms with Gasteiger partial charge in [0, 0.05) is 11.8 Å². The number of aliphatic hydroxyl groups excluding tert-OH is 1.